The molecule has 132 valence electrons. The van der Waals surface area contributed by atoms with Crippen LogP contribution in [0, 0.1) is 10.1 Å². The summed E-state index contributed by atoms with van der Waals surface area (Å²) in [6.45, 7) is 3.67. The van der Waals surface area contributed by atoms with Gasteiger partial charge in [0, 0.05) is 25.7 Å². The van der Waals surface area contributed by atoms with E-state index in [4.69, 9.17) is 14.9 Å². The molecule has 0 spiro atoms. The Morgan fingerprint density at radius 1 is 1.26 bits per heavy atom. The molecule has 0 fully saturated rings. The van der Waals surface area contributed by atoms with Crippen LogP contribution in [0.3, 0.4) is 0 Å². The Balaban J connectivity index is 0.00000484. The molecule has 1 aromatic carbocycles. The Hall–Kier alpha value is -1.41. The smallest absolute Gasteiger partial charge is 0.311 e. The molecule has 1 aromatic rings. The summed E-state index contributed by atoms with van der Waals surface area (Å²) in [4.78, 5) is 12.6. The summed E-state index contributed by atoms with van der Waals surface area (Å²) in [6, 6.07) is 4.87. The minimum atomic E-state index is -0.451. The van der Waals surface area contributed by atoms with Crippen molar-refractivity contribution in [3.05, 3.63) is 33.9 Å². The van der Waals surface area contributed by atoms with Crippen molar-refractivity contribution in [1.29, 1.82) is 0 Å². The second-order valence-corrected chi connectivity index (χ2v) is 4.98. The van der Waals surface area contributed by atoms with Crippen LogP contribution in [0.2, 0.25) is 0 Å². The van der Waals surface area contributed by atoms with Gasteiger partial charge in [-0.1, -0.05) is 19.4 Å². The van der Waals surface area contributed by atoms with E-state index in [9.17, 15) is 10.1 Å². The molecule has 0 radical (unpaired) electrons. The summed E-state index contributed by atoms with van der Waals surface area (Å²) in [5, 5.41) is 29.2. The van der Waals surface area contributed by atoms with Gasteiger partial charge in [0.1, 0.15) is 0 Å². The van der Waals surface area contributed by atoms with Gasteiger partial charge >= 0.3 is 5.69 Å². The fourth-order valence-electron chi connectivity index (χ4n) is 2.06. The summed E-state index contributed by atoms with van der Waals surface area (Å²) in [7, 11) is 0. The summed E-state index contributed by atoms with van der Waals surface area (Å²) in [6.07, 6.45) is 1.81. The molecular formula is C15H24ClN2O5-. The SMILES string of the molecule is CCCCOc1ccc(CN(CCO)CCO)cc1[N+](=O)[O-].[Cl-]. The third-order valence-electron chi connectivity index (χ3n) is 3.21. The number of nitro benzene ring substituents is 1. The Kier molecular flexibility index (Phi) is 11.3. The molecule has 0 aliphatic heterocycles. The van der Waals surface area contributed by atoms with Gasteiger partial charge in [0.2, 0.25) is 0 Å². The van der Waals surface area contributed by atoms with Gasteiger partial charge in [0.25, 0.3) is 0 Å². The van der Waals surface area contributed by atoms with Crippen molar-refractivity contribution in [2.45, 2.75) is 26.3 Å². The van der Waals surface area contributed by atoms with Crippen molar-refractivity contribution in [2.24, 2.45) is 0 Å². The van der Waals surface area contributed by atoms with Crippen molar-refractivity contribution in [3.8, 4) is 5.75 Å². The third-order valence-corrected chi connectivity index (χ3v) is 3.21. The molecule has 0 aromatic heterocycles. The van der Waals surface area contributed by atoms with Crippen LogP contribution in [0.5, 0.6) is 5.75 Å². The van der Waals surface area contributed by atoms with Crippen molar-refractivity contribution in [2.75, 3.05) is 32.9 Å². The van der Waals surface area contributed by atoms with E-state index >= 15 is 0 Å². The number of halogens is 1. The molecule has 0 aliphatic carbocycles. The number of rotatable bonds is 11. The Morgan fingerprint density at radius 3 is 2.43 bits per heavy atom. The van der Waals surface area contributed by atoms with Gasteiger partial charge in [0.05, 0.1) is 24.7 Å². The lowest BCUT2D eigenvalue weighted by atomic mass is 10.1. The minimum Gasteiger partial charge on any atom is -1.00 e. The van der Waals surface area contributed by atoms with E-state index in [1.54, 1.807) is 12.1 Å². The standard InChI is InChI=1S/C15H24N2O5.ClH/c1-2-3-10-22-15-5-4-13(11-14(15)17(20)21)12-16(6-8-18)7-9-19;/h4-5,11,18-19H,2-3,6-10,12H2,1H3;1H/p-1. The molecule has 2 N–H and O–H groups in total. The van der Waals surface area contributed by atoms with Crippen LogP contribution in [0.15, 0.2) is 18.2 Å². The van der Waals surface area contributed by atoms with Gasteiger partial charge < -0.3 is 27.4 Å². The zero-order valence-corrected chi connectivity index (χ0v) is 14.0. The van der Waals surface area contributed by atoms with Crippen molar-refractivity contribution < 1.29 is 32.3 Å². The van der Waals surface area contributed by atoms with E-state index in [0.717, 1.165) is 18.4 Å². The van der Waals surface area contributed by atoms with E-state index in [2.05, 4.69) is 0 Å². The maximum absolute atomic E-state index is 11.2. The van der Waals surface area contributed by atoms with E-state index in [1.165, 1.54) is 6.07 Å². The molecule has 1 rings (SSSR count). The van der Waals surface area contributed by atoms with Crippen LogP contribution in [0.25, 0.3) is 0 Å². The maximum atomic E-state index is 11.2. The first-order valence-electron chi connectivity index (χ1n) is 7.46. The first-order chi connectivity index (χ1) is 10.6. The highest BCUT2D eigenvalue weighted by Crippen LogP contribution is 2.28. The molecule has 0 saturated carbocycles. The number of aliphatic hydroxyl groups is 2. The van der Waals surface area contributed by atoms with Gasteiger partial charge in [-0.25, -0.2) is 0 Å². The van der Waals surface area contributed by atoms with Gasteiger partial charge in [-0.15, -0.1) is 0 Å². The minimum absolute atomic E-state index is 0. The number of unbranched alkanes of at least 4 members (excludes halogenated alkanes) is 1. The lowest BCUT2D eigenvalue weighted by Gasteiger charge is -2.20. The summed E-state index contributed by atoms with van der Waals surface area (Å²) in [5.74, 6) is 0.276. The summed E-state index contributed by atoms with van der Waals surface area (Å²) in [5.41, 5.74) is 0.693. The molecular weight excluding hydrogens is 324 g/mol. The third kappa shape index (κ3) is 7.60. The van der Waals surface area contributed by atoms with E-state index in [-0.39, 0.29) is 37.1 Å². The van der Waals surface area contributed by atoms with Crippen LogP contribution >= 0.6 is 0 Å². The van der Waals surface area contributed by atoms with Gasteiger partial charge in [-0.2, -0.15) is 0 Å². The maximum Gasteiger partial charge on any atom is 0.311 e. The highest BCUT2D eigenvalue weighted by atomic mass is 35.5. The second-order valence-electron chi connectivity index (χ2n) is 4.98. The fraction of sp³-hybridized carbons (Fsp3) is 0.600. The summed E-state index contributed by atoms with van der Waals surface area (Å²) < 4.78 is 5.46. The Bertz CT molecular complexity index is 467. The topological polar surface area (TPSA) is 96.1 Å². The average Bonchev–Trinajstić information content (AvgIpc) is 2.49. The Morgan fingerprint density at radius 2 is 1.91 bits per heavy atom. The molecule has 8 heteroatoms. The molecule has 0 amide bonds. The zero-order chi connectivity index (χ0) is 16.4. The van der Waals surface area contributed by atoms with Crippen LogP contribution in [-0.4, -0.2) is 52.9 Å². The molecule has 0 aliphatic rings. The van der Waals surface area contributed by atoms with Gasteiger partial charge in [0.15, 0.2) is 5.75 Å². The van der Waals surface area contributed by atoms with Crippen LogP contribution < -0.4 is 17.1 Å². The number of benzene rings is 1. The summed E-state index contributed by atoms with van der Waals surface area (Å²) >= 11 is 0. The first-order valence-corrected chi connectivity index (χ1v) is 7.46. The number of ether oxygens (including phenoxy) is 1. The molecule has 0 atom stereocenters. The van der Waals surface area contributed by atoms with Gasteiger partial charge in [-0.3, -0.25) is 15.0 Å². The van der Waals surface area contributed by atoms with Crippen molar-refractivity contribution in [3.63, 3.8) is 0 Å². The Labute approximate surface area is 142 Å². The second kappa shape index (κ2) is 12.1. The predicted octanol–water partition coefficient (Wildman–Crippen LogP) is -1.44. The predicted molar refractivity (Wildman–Crippen MR) is 82.9 cm³/mol. The highest BCUT2D eigenvalue weighted by Gasteiger charge is 2.17. The molecule has 7 nitrogen and oxygen atoms in total. The largest absolute Gasteiger partial charge is 1.00 e. The number of hydrogen-bond donors (Lipinski definition) is 2. The lowest BCUT2D eigenvalue weighted by Crippen LogP contribution is -3.00. The molecule has 0 bridgehead atoms. The lowest BCUT2D eigenvalue weighted by molar-refractivity contribution is -0.385. The van der Waals surface area contributed by atoms with Crippen LogP contribution in [0.1, 0.15) is 25.3 Å². The first kappa shape index (κ1) is 21.6. The van der Waals surface area contributed by atoms with Gasteiger partial charge in [-0.05, 0) is 18.1 Å². The van der Waals surface area contributed by atoms with Crippen molar-refractivity contribution in [1.82, 2.24) is 4.90 Å². The monoisotopic (exact) mass is 347 g/mol. The molecule has 0 heterocycles. The van der Waals surface area contributed by atoms with E-state index in [1.807, 2.05) is 11.8 Å². The molecule has 0 unspecified atom stereocenters. The quantitative estimate of drug-likeness (QED) is 0.289. The number of nitrogens with zero attached hydrogens (tertiary/aromatic N) is 2. The normalized spacial score (nSPS) is 10.4. The number of hydrogen-bond acceptors (Lipinski definition) is 6. The average molecular weight is 348 g/mol. The molecule has 0 saturated heterocycles. The highest BCUT2D eigenvalue weighted by molar-refractivity contribution is 5.48. The molecule has 23 heavy (non-hydrogen) atoms. The number of nitro groups is 1. The van der Waals surface area contributed by atoms with Crippen molar-refractivity contribution >= 4 is 5.69 Å². The van der Waals surface area contributed by atoms with E-state index in [0.29, 0.717) is 26.2 Å². The number of aliphatic hydroxyl groups excluding tert-OH is 2. The van der Waals surface area contributed by atoms with Crippen LogP contribution in [-0.2, 0) is 6.54 Å². The fourth-order valence-corrected chi connectivity index (χ4v) is 2.06. The zero-order valence-electron chi connectivity index (χ0n) is 13.3. The van der Waals surface area contributed by atoms with Crippen LogP contribution in [0.4, 0.5) is 5.69 Å². The van der Waals surface area contributed by atoms with E-state index < -0.39 is 4.92 Å².